The van der Waals surface area contributed by atoms with Crippen LogP contribution in [0.4, 0.5) is 11.4 Å². The van der Waals surface area contributed by atoms with Crippen LogP contribution in [0.5, 0.6) is 5.88 Å². The van der Waals surface area contributed by atoms with E-state index in [0.717, 1.165) is 17.7 Å². The fourth-order valence-corrected chi connectivity index (χ4v) is 1.88. The van der Waals surface area contributed by atoms with E-state index in [0.29, 0.717) is 17.1 Å². The molecular formula is C19H29N3O3. The van der Waals surface area contributed by atoms with Crippen LogP contribution in [0.15, 0.2) is 30.6 Å². The largest absolute Gasteiger partial charge is 0.481 e. The predicted octanol–water partition coefficient (Wildman–Crippen LogP) is 4.45. The van der Waals surface area contributed by atoms with Crippen LogP contribution in [-0.2, 0) is 4.74 Å². The number of rotatable bonds is 5. The number of hydrogen-bond donors (Lipinski definition) is 1. The van der Waals surface area contributed by atoms with Gasteiger partial charge in [-0.2, -0.15) is 0 Å². The molecule has 0 aliphatic heterocycles. The van der Waals surface area contributed by atoms with E-state index < -0.39 is 0 Å². The minimum absolute atomic E-state index is 0.231. The second-order valence-electron chi connectivity index (χ2n) is 5.06. The molecule has 0 spiro atoms. The lowest BCUT2D eigenvalue weighted by atomic mass is 10.1. The Labute approximate surface area is 150 Å². The Kier molecular flexibility index (Phi) is 11.6. The highest BCUT2D eigenvalue weighted by molar-refractivity contribution is 5.85. The molecule has 0 aromatic carbocycles. The highest BCUT2D eigenvalue weighted by Gasteiger charge is 2.11. The van der Waals surface area contributed by atoms with Crippen molar-refractivity contribution >= 4 is 17.7 Å². The molecule has 0 atom stereocenters. The SMILES string of the molecule is CC.COC.COc1ccc(Nc2ccncc2C=O)c(C(C)C)n1. The number of nitrogens with zero attached hydrogens (tertiary/aromatic N) is 2. The van der Waals surface area contributed by atoms with Crippen LogP contribution in [0.3, 0.4) is 0 Å². The molecule has 0 fully saturated rings. The maximum absolute atomic E-state index is 11.0. The van der Waals surface area contributed by atoms with Gasteiger partial charge in [-0.05, 0) is 18.1 Å². The number of ether oxygens (including phenoxy) is 2. The zero-order chi connectivity index (χ0) is 19.2. The lowest BCUT2D eigenvalue weighted by molar-refractivity contribution is 0.112. The third kappa shape index (κ3) is 7.30. The van der Waals surface area contributed by atoms with Gasteiger partial charge in [0, 0.05) is 32.7 Å². The Morgan fingerprint density at radius 2 is 1.72 bits per heavy atom. The van der Waals surface area contributed by atoms with E-state index >= 15 is 0 Å². The van der Waals surface area contributed by atoms with E-state index in [2.05, 4.69) is 33.9 Å². The Morgan fingerprint density at radius 1 is 1.08 bits per heavy atom. The molecule has 25 heavy (non-hydrogen) atoms. The first kappa shape index (κ1) is 22.5. The first-order chi connectivity index (χ1) is 12.1. The van der Waals surface area contributed by atoms with Crippen LogP contribution in [0.2, 0.25) is 0 Å². The standard InChI is InChI=1S/C15H17N3O2.C2H6O.C2H6/c1-10(2)15-13(4-5-14(18-15)20-3)17-12-6-7-16-8-11(12)9-19;1-3-2;1-2/h4-10H,1-3H3,(H,16,17);1-2H3;1-2H3. The third-order valence-corrected chi connectivity index (χ3v) is 2.90. The first-order valence-electron chi connectivity index (χ1n) is 8.18. The summed E-state index contributed by atoms with van der Waals surface area (Å²) in [6.07, 6.45) is 3.95. The molecule has 2 heterocycles. The van der Waals surface area contributed by atoms with Crippen molar-refractivity contribution in [3.05, 3.63) is 41.9 Å². The predicted molar refractivity (Wildman–Crippen MR) is 102 cm³/mol. The van der Waals surface area contributed by atoms with Crippen LogP contribution in [0.1, 0.15) is 49.7 Å². The molecule has 2 aromatic rings. The number of aldehydes is 1. The van der Waals surface area contributed by atoms with Gasteiger partial charge in [0.25, 0.3) is 0 Å². The maximum Gasteiger partial charge on any atom is 0.213 e. The maximum atomic E-state index is 11.0. The minimum Gasteiger partial charge on any atom is -0.481 e. The monoisotopic (exact) mass is 347 g/mol. The fourth-order valence-electron chi connectivity index (χ4n) is 1.88. The zero-order valence-corrected chi connectivity index (χ0v) is 16.2. The summed E-state index contributed by atoms with van der Waals surface area (Å²) in [5.41, 5.74) is 2.97. The smallest absolute Gasteiger partial charge is 0.213 e. The topological polar surface area (TPSA) is 73.3 Å². The molecule has 0 aliphatic carbocycles. The van der Waals surface area contributed by atoms with Crippen molar-refractivity contribution in [2.75, 3.05) is 26.6 Å². The molecule has 0 unspecified atom stereocenters. The second kappa shape index (κ2) is 12.9. The molecule has 2 aromatic heterocycles. The van der Waals surface area contributed by atoms with Crippen molar-refractivity contribution in [1.29, 1.82) is 0 Å². The Hall–Kier alpha value is -2.47. The lowest BCUT2D eigenvalue weighted by Gasteiger charge is -2.15. The molecule has 0 aliphatic rings. The number of carbonyl (C=O) groups is 1. The number of nitrogens with one attached hydrogen (secondary N) is 1. The fraction of sp³-hybridized carbons (Fsp3) is 0.421. The molecule has 0 bridgehead atoms. The lowest BCUT2D eigenvalue weighted by Crippen LogP contribution is -2.04. The van der Waals surface area contributed by atoms with E-state index in [1.165, 1.54) is 6.20 Å². The molecule has 0 saturated carbocycles. The number of hydrogen-bond acceptors (Lipinski definition) is 6. The van der Waals surface area contributed by atoms with E-state index in [4.69, 9.17) is 4.74 Å². The summed E-state index contributed by atoms with van der Waals surface area (Å²) in [5.74, 6) is 0.804. The Morgan fingerprint density at radius 3 is 2.24 bits per heavy atom. The Balaban J connectivity index is 0.00000104. The molecule has 1 N–H and O–H groups in total. The van der Waals surface area contributed by atoms with Gasteiger partial charge < -0.3 is 14.8 Å². The van der Waals surface area contributed by atoms with Crippen molar-refractivity contribution in [1.82, 2.24) is 9.97 Å². The average Bonchev–Trinajstić information content (AvgIpc) is 2.64. The van der Waals surface area contributed by atoms with E-state index in [1.807, 2.05) is 19.9 Å². The number of anilines is 2. The van der Waals surface area contributed by atoms with Crippen LogP contribution < -0.4 is 10.1 Å². The highest BCUT2D eigenvalue weighted by atomic mass is 16.5. The number of pyridine rings is 2. The molecule has 0 amide bonds. The van der Waals surface area contributed by atoms with Gasteiger partial charge >= 0.3 is 0 Å². The van der Waals surface area contributed by atoms with E-state index in [-0.39, 0.29) is 5.92 Å². The van der Waals surface area contributed by atoms with Crippen LogP contribution in [0.25, 0.3) is 0 Å². The van der Waals surface area contributed by atoms with Gasteiger partial charge in [0.15, 0.2) is 6.29 Å². The van der Waals surface area contributed by atoms with E-state index in [9.17, 15) is 4.79 Å². The number of carbonyl (C=O) groups excluding carboxylic acids is 1. The summed E-state index contributed by atoms with van der Waals surface area (Å²) in [7, 11) is 4.84. The summed E-state index contributed by atoms with van der Waals surface area (Å²) < 4.78 is 9.40. The normalized spacial score (nSPS) is 9.28. The average molecular weight is 347 g/mol. The van der Waals surface area contributed by atoms with Crippen LogP contribution in [-0.4, -0.2) is 37.6 Å². The summed E-state index contributed by atoms with van der Waals surface area (Å²) >= 11 is 0. The second-order valence-corrected chi connectivity index (χ2v) is 5.06. The van der Waals surface area contributed by atoms with Crippen LogP contribution >= 0.6 is 0 Å². The molecule has 6 heteroatoms. The zero-order valence-electron chi connectivity index (χ0n) is 16.2. The van der Waals surface area contributed by atoms with Gasteiger partial charge in [0.05, 0.1) is 29.7 Å². The highest BCUT2D eigenvalue weighted by Crippen LogP contribution is 2.28. The molecule has 138 valence electrons. The molecule has 0 saturated heterocycles. The van der Waals surface area contributed by atoms with Gasteiger partial charge in [-0.15, -0.1) is 0 Å². The quantitative estimate of drug-likeness (QED) is 0.805. The summed E-state index contributed by atoms with van der Waals surface area (Å²) in [4.78, 5) is 19.4. The molecular weight excluding hydrogens is 318 g/mol. The number of aromatic nitrogens is 2. The molecule has 2 rings (SSSR count). The molecule has 6 nitrogen and oxygen atoms in total. The third-order valence-electron chi connectivity index (χ3n) is 2.90. The van der Waals surface area contributed by atoms with Gasteiger partial charge in [0.2, 0.25) is 5.88 Å². The van der Waals surface area contributed by atoms with E-state index in [1.54, 1.807) is 39.7 Å². The van der Waals surface area contributed by atoms with Gasteiger partial charge in [-0.25, -0.2) is 4.98 Å². The summed E-state index contributed by atoms with van der Waals surface area (Å²) in [6.45, 7) is 8.11. The van der Waals surface area contributed by atoms with Gasteiger partial charge in [-0.3, -0.25) is 9.78 Å². The summed E-state index contributed by atoms with van der Waals surface area (Å²) in [5, 5.41) is 3.24. The van der Waals surface area contributed by atoms with Gasteiger partial charge in [-0.1, -0.05) is 27.7 Å². The summed E-state index contributed by atoms with van der Waals surface area (Å²) in [6, 6.07) is 5.45. The number of methoxy groups -OCH3 is 2. The minimum atomic E-state index is 0.231. The first-order valence-corrected chi connectivity index (χ1v) is 8.18. The van der Waals surface area contributed by atoms with Crippen molar-refractivity contribution in [2.24, 2.45) is 0 Å². The molecule has 0 radical (unpaired) electrons. The van der Waals surface area contributed by atoms with Crippen molar-refractivity contribution in [3.63, 3.8) is 0 Å². The Bertz CT molecular complexity index is 631. The van der Waals surface area contributed by atoms with Crippen molar-refractivity contribution in [3.8, 4) is 5.88 Å². The van der Waals surface area contributed by atoms with Crippen LogP contribution in [0, 0.1) is 0 Å². The van der Waals surface area contributed by atoms with Crippen molar-refractivity contribution < 1.29 is 14.3 Å². The van der Waals surface area contributed by atoms with Gasteiger partial charge in [0.1, 0.15) is 0 Å². The van der Waals surface area contributed by atoms with Crippen molar-refractivity contribution in [2.45, 2.75) is 33.6 Å².